The quantitative estimate of drug-likeness (QED) is 0.640. The smallest absolute Gasteiger partial charge is 0.236 e. The van der Waals surface area contributed by atoms with Crippen molar-refractivity contribution in [2.75, 3.05) is 18.0 Å². The van der Waals surface area contributed by atoms with Gasteiger partial charge in [0.05, 0.1) is 13.1 Å². The molecule has 0 aliphatic rings. The Balaban J connectivity index is 2.91. The molecule has 6 heteroatoms. The molecule has 0 saturated carbocycles. The first kappa shape index (κ1) is 17.0. The lowest BCUT2D eigenvalue weighted by Gasteiger charge is -2.23. The Hall–Kier alpha value is -2.08. The summed E-state index contributed by atoms with van der Waals surface area (Å²) >= 11 is 0. The van der Waals surface area contributed by atoms with Crippen molar-refractivity contribution < 1.29 is 9.59 Å². The second-order valence-electron chi connectivity index (χ2n) is 5.44. The molecule has 0 aliphatic carbocycles. The van der Waals surface area contributed by atoms with Crippen molar-refractivity contribution in [1.29, 1.82) is 0 Å². The highest BCUT2D eigenvalue weighted by Crippen LogP contribution is 2.19. The van der Waals surface area contributed by atoms with E-state index >= 15 is 0 Å². The molecule has 21 heavy (non-hydrogen) atoms. The number of nitrogens with two attached hydrogens (primary N) is 2. The van der Waals surface area contributed by atoms with Crippen LogP contribution >= 0.6 is 0 Å². The van der Waals surface area contributed by atoms with Crippen LogP contribution in [0, 0.1) is 6.92 Å². The van der Waals surface area contributed by atoms with E-state index in [0.29, 0.717) is 6.04 Å². The second kappa shape index (κ2) is 7.64. The number of hydrogen-bond acceptors (Lipinski definition) is 4. The molecule has 0 atom stereocenters. The summed E-state index contributed by atoms with van der Waals surface area (Å²) in [4.78, 5) is 23.8. The minimum absolute atomic E-state index is 0.0357. The highest BCUT2D eigenvalue weighted by molar-refractivity contribution is 5.84. The fraction of sp³-hybridized carbons (Fsp3) is 0.467. The summed E-state index contributed by atoms with van der Waals surface area (Å²) in [5.41, 5.74) is 13.4. The summed E-state index contributed by atoms with van der Waals surface area (Å²) in [6.45, 7) is 6.87. The van der Waals surface area contributed by atoms with Gasteiger partial charge in [-0.3, -0.25) is 9.59 Å². The van der Waals surface area contributed by atoms with Crippen LogP contribution in [-0.4, -0.2) is 30.9 Å². The van der Waals surface area contributed by atoms with Gasteiger partial charge in [0, 0.05) is 18.3 Å². The van der Waals surface area contributed by atoms with E-state index < -0.39 is 11.8 Å². The van der Waals surface area contributed by atoms with Gasteiger partial charge in [0.25, 0.3) is 0 Å². The van der Waals surface area contributed by atoms with Crippen LogP contribution in [0.5, 0.6) is 0 Å². The van der Waals surface area contributed by atoms with Gasteiger partial charge >= 0.3 is 0 Å². The van der Waals surface area contributed by atoms with Gasteiger partial charge in [0.1, 0.15) is 0 Å². The van der Waals surface area contributed by atoms with Gasteiger partial charge in [-0.05, 0) is 30.2 Å². The summed E-state index contributed by atoms with van der Waals surface area (Å²) in [6, 6.07) is 6.19. The van der Waals surface area contributed by atoms with Crippen molar-refractivity contribution in [2.45, 2.75) is 33.4 Å². The van der Waals surface area contributed by atoms with Crippen LogP contribution in [0.1, 0.15) is 25.0 Å². The molecular weight excluding hydrogens is 268 g/mol. The third-order valence-electron chi connectivity index (χ3n) is 3.09. The van der Waals surface area contributed by atoms with Crippen LogP contribution in [-0.2, 0) is 16.1 Å². The lowest BCUT2D eigenvalue weighted by molar-refractivity contribution is -0.117. The van der Waals surface area contributed by atoms with Crippen molar-refractivity contribution in [1.82, 2.24) is 5.32 Å². The number of carbonyl (C=O) groups excluding carboxylic acids is 2. The average molecular weight is 292 g/mol. The normalized spacial score (nSPS) is 10.7. The molecule has 0 unspecified atom stereocenters. The lowest BCUT2D eigenvalue weighted by Crippen LogP contribution is -2.39. The van der Waals surface area contributed by atoms with Gasteiger partial charge < -0.3 is 21.7 Å². The van der Waals surface area contributed by atoms with Crippen molar-refractivity contribution in [3.05, 3.63) is 29.3 Å². The van der Waals surface area contributed by atoms with Gasteiger partial charge in [0.15, 0.2) is 0 Å². The monoisotopic (exact) mass is 292 g/mol. The molecule has 0 saturated heterocycles. The molecule has 0 aliphatic heterocycles. The van der Waals surface area contributed by atoms with Gasteiger partial charge in [0.2, 0.25) is 11.8 Å². The Morgan fingerprint density at radius 1 is 1.19 bits per heavy atom. The lowest BCUT2D eigenvalue weighted by atomic mass is 10.1. The maximum absolute atomic E-state index is 11.1. The van der Waals surface area contributed by atoms with E-state index in [2.05, 4.69) is 19.2 Å². The largest absolute Gasteiger partial charge is 0.368 e. The third-order valence-corrected chi connectivity index (χ3v) is 3.09. The van der Waals surface area contributed by atoms with E-state index in [4.69, 9.17) is 11.5 Å². The molecule has 0 bridgehead atoms. The second-order valence-corrected chi connectivity index (χ2v) is 5.44. The number of rotatable bonds is 8. The fourth-order valence-electron chi connectivity index (χ4n) is 2.00. The van der Waals surface area contributed by atoms with Gasteiger partial charge in [-0.25, -0.2) is 0 Å². The van der Waals surface area contributed by atoms with Crippen molar-refractivity contribution in [3.63, 3.8) is 0 Å². The first-order valence-electron chi connectivity index (χ1n) is 6.94. The summed E-state index contributed by atoms with van der Waals surface area (Å²) < 4.78 is 0. The number of nitrogens with zero attached hydrogens (tertiary/aromatic N) is 1. The maximum Gasteiger partial charge on any atom is 0.236 e. The first-order chi connectivity index (χ1) is 9.79. The fourth-order valence-corrected chi connectivity index (χ4v) is 2.00. The number of amides is 2. The molecule has 116 valence electrons. The van der Waals surface area contributed by atoms with Crippen LogP contribution in [0.4, 0.5) is 5.69 Å². The molecule has 5 N–H and O–H groups in total. The molecule has 2 amide bonds. The van der Waals surface area contributed by atoms with Crippen molar-refractivity contribution in [2.24, 2.45) is 11.5 Å². The van der Waals surface area contributed by atoms with E-state index in [0.717, 1.165) is 17.8 Å². The van der Waals surface area contributed by atoms with Crippen LogP contribution in [0.15, 0.2) is 18.2 Å². The Kier molecular flexibility index (Phi) is 6.17. The molecular formula is C15H24N4O2. The van der Waals surface area contributed by atoms with Crippen LogP contribution in [0.2, 0.25) is 0 Å². The predicted molar refractivity (Wildman–Crippen MR) is 83.8 cm³/mol. The molecule has 6 nitrogen and oxygen atoms in total. The number of hydrogen-bond donors (Lipinski definition) is 3. The van der Waals surface area contributed by atoms with Crippen LogP contribution < -0.4 is 21.7 Å². The predicted octanol–water partition coefficient (Wildman–Crippen LogP) is 0.270. The Labute approximate surface area is 125 Å². The number of benzene rings is 1. The van der Waals surface area contributed by atoms with Crippen molar-refractivity contribution >= 4 is 17.5 Å². The zero-order chi connectivity index (χ0) is 16.0. The van der Waals surface area contributed by atoms with E-state index in [1.54, 1.807) is 4.90 Å². The molecule has 1 aromatic rings. The number of nitrogens with one attached hydrogen (secondary N) is 1. The molecule has 0 aromatic heterocycles. The van der Waals surface area contributed by atoms with Crippen LogP contribution in [0.25, 0.3) is 0 Å². The molecule has 0 radical (unpaired) electrons. The zero-order valence-corrected chi connectivity index (χ0v) is 12.8. The average Bonchev–Trinajstić information content (AvgIpc) is 2.35. The Bertz CT molecular complexity index is 498. The Morgan fingerprint density at radius 3 is 2.19 bits per heavy atom. The van der Waals surface area contributed by atoms with E-state index in [9.17, 15) is 9.59 Å². The maximum atomic E-state index is 11.1. The number of primary amides is 2. The van der Waals surface area contributed by atoms with E-state index in [1.165, 1.54) is 5.56 Å². The van der Waals surface area contributed by atoms with E-state index in [-0.39, 0.29) is 13.1 Å². The molecule has 1 aromatic carbocycles. The Morgan fingerprint density at radius 2 is 1.76 bits per heavy atom. The number of carbonyl (C=O) groups is 2. The minimum Gasteiger partial charge on any atom is -0.368 e. The summed E-state index contributed by atoms with van der Waals surface area (Å²) in [5, 5.41) is 3.35. The highest BCUT2D eigenvalue weighted by Gasteiger charge is 2.13. The first-order valence-corrected chi connectivity index (χ1v) is 6.94. The number of anilines is 1. The van der Waals surface area contributed by atoms with Crippen molar-refractivity contribution in [3.8, 4) is 0 Å². The van der Waals surface area contributed by atoms with Gasteiger partial charge in [-0.2, -0.15) is 0 Å². The summed E-state index contributed by atoms with van der Waals surface area (Å²) in [7, 11) is 0. The topological polar surface area (TPSA) is 101 Å². The standard InChI is InChI=1S/C15H24N4O2/c1-10(2)18-7-12-4-5-13(6-11(12)3)19(8-14(16)20)9-15(17)21/h4-6,10,18H,7-9H2,1-3H3,(H2,16,20)(H2,17,21). The summed E-state index contributed by atoms with van der Waals surface area (Å²) in [5.74, 6) is -1.00. The van der Waals surface area contributed by atoms with Gasteiger partial charge in [-0.1, -0.05) is 19.9 Å². The molecule has 0 spiro atoms. The molecule has 0 heterocycles. The SMILES string of the molecule is Cc1cc(N(CC(N)=O)CC(N)=O)ccc1CNC(C)C. The van der Waals surface area contributed by atoms with E-state index in [1.807, 2.05) is 25.1 Å². The molecule has 1 rings (SSSR count). The van der Waals surface area contributed by atoms with Crippen LogP contribution in [0.3, 0.4) is 0 Å². The third kappa shape index (κ3) is 5.83. The minimum atomic E-state index is -0.501. The van der Waals surface area contributed by atoms with Gasteiger partial charge in [-0.15, -0.1) is 0 Å². The summed E-state index contributed by atoms with van der Waals surface area (Å²) in [6.07, 6.45) is 0. The number of aryl methyl sites for hydroxylation is 1. The molecule has 0 fully saturated rings. The highest BCUT2D eigenvalue weighted by atomic mass is 16.2. The zero-order valence-electron chi connectivity index (χ0n) is 12.8.